The number of hydrogen-bond donors (Lipinski definition) is 2. The number of carbonyl (C=O) groups excluding carboxylic acids is 1. The molecule has 1 aliphatic heterocycles. The van der Waals surface area contributed by atoms with Crippen molar-refractivity contribution in [3.05, 3.63) is 35.4 Å². The van der Waals surface area contributed by atoms with Gasteiger partial charge < -0.3 is 10.6 Å². The van der Waals surface area contributed by atoms with E-state index in [2.05, 4.69) is 41.8 Å². The molecule has 110 valence electrons. The van der Waals surface area contributed by atoms with Crippen LogP contribution in [-0.4, -0.2) is 18.5 Å². The predicted octanol–water partition coefficient (Wildman–Crippen LogP) is 2.43. The van der Waals surface area contributed by atoms with Gasteiger partial charge in [-0.2, -0.15) is 0 Å². The summed E-state index contributed by atoms with van der Waals surface area (Å²) in [5, 5.41) is 6.47. The Morgan fingerprint density at radius 3 is 2.70 bits per heavy atom. The minimum absolute atomic E-state index is 0. The molecule has 1 aromatic carbocycles. The minimum atomic E-state index is -0.0671. The molecule has 1 unspecified atom stereocenters. The van der Waals surface area contributed by atoms with E-state index in [1.807, 2.05) is 0 Å². The van der Waals surface area contributed by atoms with Crippen molar-refractivity contribution in [3.63, 3.8) is 0 Å². The first-order valence-electron chi connectivity index (χ1n) is 7.30. The van der Waals surface area contributed by atoms with Gasteiger partial charge in [0.25, 0.3) is 0 Å². The van der Waals surface area contributed by atoms with E-state index in [4.69, 9.17) is 0 Å². The highest BCUT2D eigenvalue weighted by Crippen LogP contribution is 2.47. The van der Waals surface area contributed by atoms with Crippen LogP contribution < -0.4 is 10.6 Å². The van der Waals surface area contributed by atoms with Crippen molar-refractivity contribution in [2.45, 2.75) is 45.2 Å². The fourth-order valence-corrected chi connectivity index (χ4v) is 2.87. The summed E-state index contributed by atoms with van der Waals surface area (Å²) < 4.78 is 0. The van der Waals surface area contributed by atoms with Gasteiger partial charge >= 0.3 is 0 Å². The molecule has 1 heterocycles. The summed E-state index contributed by atoms with van der Waals surface area (Å²) in [6.45, 7) is 3.86. The Morgan fingerprint density at radius 2 is 2.05 bits per heavy atom. The van der Waals surface area contributed by atoms with Crippen LogP contribution in [0.5, 0.6) is 0 Å². The summed E-state index contributed by atoms with van der Waals surface area (Å²) in [6, 6.07) is 8.30. The number of amides is 1. The van der Waals surface area contributed by atoms with Crippen molar-refractivity contribution in [1.82, 2.24) is 10.6 Å². The van der Waals surface area contributed by atoms with E-state index in [-0.39, 0.29) is 24.4 Å². The number of rotatable bonds is 4. The molecule has 0 spiro atoms. The summed E-state index contributed by atoms with van der Waals surface area (Å²) in [4.78, 5) is 12.2. The summed E-state index contributed by atoms with van der Waals surface area (Å²) in [5.74, 6) is 0.161. The number of benzene rings is 1. The minimum Gasteiger partial charge on any atom is -0.354 e. The Balaban J connectivity index is 0.00000147. The summed E-state index contributed by atoms with van der Waals surface area (Å²) in [6.07, 6.45) is 4.52. The Morgan fingerprint density at radius 1 is 1.35 bits per heavy atom. The SMILES string of the molecule is CCC1(CNC(=O)C2Cc3ccccc3CN2)CC1.Cl. The van der Waals surface area contributed by atoms with E-state index >= 15 is 0 Å². The highest BCUT2D eigenvalue weighted by Gasteiger charge is 2.41. The first-order chi connectivity index (χ1) is 9.22. The van der Waals surface area contributed by atoms with Crippen LogP contribution in [0.1, 0.15) is 37.3 Å². The number of carbonyl (C=O) groups is 1. The van der Waals surface area contributed by atoms with Crippen LogP contribution in [0, 0.1) is 5.41 Å². The Labute approximate surface area is 126 Å². The fraction of sp³-hybridized carbons (Fsp3) is 0.562. The molecule has 3 rings (SSSR count). The Bertz CT molecular complexity index is 485. The van der Waals surface area contributed by atoms with E-state index in [1.165, 1.54) is 30.4 Å². The van der Waals surface area contributed by atoms with Gasteiger partial charge in [-0.25, -0.2) is 0 Å². The van der Waals surface area contributed by atoms with Gasteiger partial charge in [0.05, 0.1) is 6.04 Å². The molecule has 0 radical (unpaired) electrons. The average molecular weight is 295 g/mol. The molecule has 1 fully saturated rings. The maximum absolute atomic E-state index is 12.2. The van der Waals surface area contributed by atoms with Gasteiger partial charge in [0, 0.05) is 13.1 Å². The normalized spacial score (nSPS) is 22.4. The first kappa shape index (κ1) is 15.3. The van der Waals surface area contributed by atoms with Crippen molar-refractivity contribution in [2.24, 2.45) is 5.41 Å². The standard InChI is InChI=1S/C16H22N2O.ClH/c1-2-16(7-8-16)11-18-15(19)14-9-12-5-3-4-6-13(12)10-17-14;/h3-6,14,17H,2,7-11H2,1H3,(H,18,19);1H. The average Bonchev–Trinajstić information content (AvgIpc) is 3.25. The molecule has 0 aromatic heterocycles. The fourth-order valence-electron chi connectivity index (χ4n) is 2.87. The van der Waals surface area contributed by atoms with Gasteiger partial charge in [0.1, 0.15) is 0 Å². The second-order valence-electron chi connectivity index (χ2n) is 5.98. The number of hydrogen-bond acceptors (Lipinski definition) is 2. The lowest BCUT2D eigenvalue weighted by molar-refractivity contribution is -0.123. The van der Waals surface area contributed by atoms with Crippen molar-refractivity contribution in [3.8, 4) is 0 Å². The smallest absolute Gasteiger partial charge is 0.237 e. The van der Waals surface area contributed by atoms with Crippen LogP contribution in [0.25, 0.3) is 0 Å². The zero-order chi connectivity index (χ0) is 13.3. The molecule has 0 bridgehead atoms. The lowest BCUT2D eigenvalue weighted by atomic mass is 9.95. The maximum Gasteiger partial charge on any atom is 0.237 e. The summed E-state index contributed by atoms with van der Waals surface area (Å²) in [7, 11) is 0. The monoisotopic (exact) mass is 294 g/mol. The highest BCUT2D eigenvalue weighted by atomic mass is 35.5. The highest BCUT2D eigenvalue weighted by molar-refractivity contribution is 5.85. The molecule has 1 aromatic rings. The van der Waals surface area contributed by atoms with Crippen LogP contribution in [0.3, 0.4) is 0 Å². The van der Waals surface area contributed by atoms with E-state index in [9.17, 15) is 4.79 Å². The Hall–Kier alpha value is -1.06. The predicted molar refractivity (Wildman–Crippen MR) is 83.0 cm³/mol. The molecule has 1 amide bonds. The molecule has 20 heavy (non-hydrogen) atoms. The van der Waals surface area contributed by atoms with Gasteiger partial charge in [-0.15, -0.1) is 12.4 Å². The molecule has 0 saturated heterocycles. The molecule has 2 aliphatic rings. The number of fused-ring (bicyclic) bond motifs is 1. The molecule has 1 saturated carbocycles. The van der Waals surface area contributed by atoms with Crippen LogP contribution in [-0.2, 0) is 17.8 Å². The topological polar surface area (TPSA) is 41.1 Å². The van der Waals surface area contributed by atoms with Gasteiger partial charge in [-0.05, 0) is 42.2 Å². The van der Waals surface area contributed by atoms with Gasteiger partial charge in [-0.3, -0.25) is 4.79 Å². The number of halogens is 1. The lowest BCUT2D eigenvalue weighted by Gasteiger charge is -2.26. The van der Waals surface area contributed by atoms with Crippen LogP contribution in [0.15, 0.2) is 24.3 Å². The number of nitrogens with one attached hydrogen (secondary N) is 2. The third-order valence-corrected chi connectivity index (χ3v) is 4.74. The van der Waals surface area contributed by atoms with Crippen molar-refractivity contribution in [2.75, 3.05) is 6.54 Å². The molecular weight excluding hydrogens is 272 g/mol. The third kappa shape index (κ3) is 3.15. The molecule has 1 aliphatic carbocycles. The summed E-state index contributed by atoms with van der Waals surface area (Å²) in [5.41, 5.74) is 3.04. The van der Waals surface area contributed by atoms with Gasteiger partial charge in [0.15, 0.2) is 0 Å². The molecule has 2 N–H and O–H groups in total. The maximum atomic E-state index is 12.2. The van der Waals surface area contributed by atoms with Crippen molar-refractivity contribution < 1.29 is 4.79 Å². The quantitative estimate of drug-likeness (QED) is 0.895. The van der Waals surface area contributed by atoms with Crippen molar-refractivity contribution >= 4 is 18.3 Å². The van der Waals surface area contributed by atoms with E-state index < -0.39 is 0 Å². The van der Waals surface area contributed by atoms with Crippen LogP contribution >= 0.6 is 12.4 Å². The van der Waals surface area contributed by atoms with Crippen LogP contribution in [0.4, 0.5) is 0 Å². The second-order valence-corrected chi connectivity index (χ2v) is 5.98. The molecule has 1 atom stereocenters. The molecule has 4 heteroatoms. The zero-order valence-electron chi connectivity index (χ0n) is 11.9. The van der Waals surface area contributed by atoms with Gasteiger partial charge in [-0.1, -0.05) is 31.2 Å². The molecular formula is C16H23ClN2O. The zero-order valence-corrected chi connectivity index (χ0v) is 12.8. The van der Waals surface area contributed by atoms with Crippen LogP contribution in [0.2, 0.25) is 0 Å². The van der Waals surface area contributed by atoms with E-state index in [0.29, 0.717) is 5.41 Å². The van der Waals surface area contributed by atoms with E-state index in [1.54, 1.807) is 0 Å². The third-order valence-electron chi connectivity index (χ3n) is 4.74. The lowest BCUT2D eigenvalue weighted by Crippen LogP contribution is -2.48. The first-order valence-corrected chi connectivity index (χ1v) is 7.30. The van der Waals surface area contributed by atoms with Gasteiger partial charge in [0.2, 0.25) is 5.91 Å². The second kappa shape index (κ2) is 6.15. The van der Waals surface area contributed by atoms with Crippen molar-refractivity contribution in [1.29, 1.82) is 0 Å². The Kier molecular flexibility index (Phi) is 4.71. The van der Waals surface area contributed by atoms with E-state index in [0.717, 1.165) is 19.5 Å². The summed E-state index contributed by atoms with van der Waals surface area (Å²) >= 11 is 0. The molecule has 3 nitrogen and oxygen atoms in total. The largest absolute Gasteiger partial charge is 0.354 e.